The van der Waals surface area contributed by atoms with Crippen molar-refractivity contribution in [3.63, 3.8) is 0 Å². The van der Waals surface area contributed by atoms with Crippen LogP contribution < -0.4 is 10.1 Å². The number of carbonyl (C=O) groups excluding carboxylic acids is 1. The highest BCUT2D eigenvalue weighted by molar-refractivity contribution is 6.03. The second kappa shape index (κ2) is 7.33. The molecule has 1 aromatic heterocycles. The normalized spacial score (nSPS) is 10.5. The number of para-hydroxylation sites is 1. The number of hydrogen-bond donors (Lipinski definition) is 1. The number of furan rings is 1. The average molecular weight is 366 g/mol. The molecule has 0 atom stereocenters. The van der Waals surface area contributed by atoms with Crippen LogP contribution in [0.3, 0.4) is 0 Å². The van der Waals surface area contributed by atoms with Gasteiger partial charge in [-0.25, -0.2) is 0 Å². The van der Waals surface area contributed by atoms with Gasteiger partial charge in [-0.2, -0.15) is 0 Å². The van der Waals surface area contributed by atoms with Crippen molar-refractivity contribution in [1.82, 2.24) is 0 Å². The Morgan fingerprint density at radius 1 is 1.11 bits per heavy atom. The van der Waals surface area contributed by atoms with Gasteiger partial charge < -0.3 is 14.5 Å². The van der Waals surface area contributed by atoms with Gasteiger partial charge in [0.2, 0.25) is 0 Å². The van der Waals surface area contributed by atoms with Crippen molar-refractivity contribution in [2.45, 2.75) is 13.8 Å². The van der Waals surface area contributed by atoms with E-state index in [2.05, 4.69) is 5.32 Å². The van der Waals surface area contributed by atoms with Gasteiger partial charge in [0.25, 0.3) is 11.6 Å². The fraction of sp³-hybridized carbons (Fsp3) is 0.150. The first-order chi connectivity index (χ1) is 12.9. The zero-order chi connectivity index (χ0) is 19.6. The minimum absolute atomic E-state index is 0.0674. The number of nitro groups is 1. The molecule has 1 amide bonds. The Kier molecular flexibility index (Phi) is 4.94. The molecule has 3 aromatic rings. The van der Waals surface area contributed by atoms with Gasteiger partial charge >= 0.3 is 0 Å². The van der Waals surface area contributed by atoms with Crippen molar-refractivity contribution in [3.05, 3.63) is 75.5 Å². The van der Waals surface area contributed by atoms with Gasteiger partial charge in [0, 0.05) is 5.69 Å². The number of rotatable bonds is 5. The maximum Gasteiger partial charge on any atom is 0.291 e. The number of nitrogens with zero attached hydrogens (tertiary/aromatic N) is 1. The largest absolute Gasteiger partial charge is 0.497 e. The fourth-order valence-electron chi connectivity index (χ4n) is 2.79. The van der Waals surface area contributed by atoms with Crippen LogP contribution in [0.25, 0.3) is 11.3 Å². The van der Waals surface area contributed by atoms with E-state index in [1.165, 1.54) is 31.4 Å². The van der Waals surface area contributed by atoms with Gasteiger partial charge in [-0.05, 0) is 49.2 Å². The minimum Gasteiger partial charge on any atom is -0.497 e. The number of methoxy groups -OCH3 is 1. The van der Waals surface area contributed by atoms with E-state index in [1.807, 2.05) is 32.0 Å². The molecule has 7 heteroatoms. The highest BCUT2D eigenvalue weighted by atomic mass is 16.6. The lowest BCUT2D eigenvalue weighted by atomic mass is 10.1. The molecule has 0 aliphatic heterocycles. The summed E-state index contributed by atoms with van der Waals surface area (Å²) >= 11 is 0. The summed E-state index contributed by atoms with van der Waals surface area (Å²) in [7, 11) is 1.43. The molecule has 0 saturated carbocycles. The van der Waals surface area contributed by atoms with E-state index in [-0.39, 0.29) is 22.8 Å². The summed E-state index contributed by atoms with van der Waals surface area (Å²) in [6, 6.07) is 13.2. The van der Waals surface area contributed by atoms with Crippen LogP contribution in [-0.2, 0) is 0 Å². The van der Waals surface area contributed by atoms with Crippen molar-refractivity contribution >= 4 is 17.3 Å². The number of carbonyl (C=O) groups is 1. The van der Waals surface area contributed by atoms with Gasteiger partial charge in [0.15, 0.2) is 5.76 Å². The Morgan fingerprint density at radius 2 is 1.81 bits per heavy atom. The number of benzene rings is 2. The third-order valence-electron chi connectivity index (χ3n) is 4.22. The van der Waals surface area contributed by atoms with Gasteiger partial charge in [-0.1, -0.05) is 18.2 Å². The Bertz CT molecular complexity index is 1000. The van der Waals surface area contributed by atoms with E-state index in [0.29, 0.717) is 5.75 Å². The van der Waals surface area contributed by atoms with Gasteiger partial charge in [-0.15, -0.1) is 0 Å². The van der Waals surface area contributed by atoms with Crippen LogP contribution >= 0.6 is 0 Å². The van der Waals surface area contributed by atoms with Crippen molar-refractivity contribution in [1.29, 1.82) is 0 Å². The molecule has 0 fully saturated rings. The molecular weight excluding hydrogens is 348 g/mol. The van der Waals surface area contributed by atoms with Crippen LogP contribution in [0.5, 0.6) is 5.75 Å². The van der Waals surface area contributed by atoms with Crippen LogP contribution in [0.2, 0.25) is 0 Å². The first-order valence-electron chi connectivity index (χ1n) is 8.21. The SMILES string of the molecule is COc1ccc(-c2ccc(C(=O)Nc3c(C)cccc3C)o2)c([N+](=O)[O-])c1. The summed E-state index contributed by atoms with van der Waals surface area (Å²) < 4.78 is 10.6. The molecular formula is C20H18N2O5. The number of hydrogen-bond acceptors (Lipinski definition) is 5. The molecule has 0 unspecified atom stereocenters. The maximum atomic E-state index is 12.5. The first-order valence-corrected chi connectivity index (χ1v) is 8.21. The molecule has 0 bridgehead atoms. The third-order valence-corrected chi connectivity index (χ3v) is 4.22. The molecule has 7 nitrogen and oxygen atoms in total. The predicted octanol–water partition coefficient (Wildman–Crippen LogP) is 4.73. The minimum atomic E-state index is -0.517. The maximum absolute atomic E-state index is 12.5. The number of nitro benzene ring substituents is 1. The molecule has 0 aliphatic rings. The Morgan fingerprint density at radius 3 is 2.44 bits per heavy atom. The molecule has 138 valence electrons. The van der Waals surface area contributed by atoms with Crippen LogP contribution in [0, 0.1) is 24.0 Å². The number of amides is 1. The average Bonchev–Trinajstić information content (AvgIpc) is 3.14. The quantitative estimate of drug-likeness (QED) is 0.520. The molecule has 3 rings (SSSR count). The van der Waals surface area contributed by atoms with Gasteiger partial charge in [0.1, 0.15) is 11.5 Å². The lowest BCUT2D eigenvalue weighted by Crippen LogP contribution is -2.12. The molecule has 1 heterocycles. The second-order valence-corrected chi connectivity index (χ2v) is 6.03. The van der Waals surface area contributed by atoms with E-state index < -0.39 is 10.8 Å². The van der Waals surface area contributed by atoms with E-state index in [1.54, 1.807) is 6.07 Å². The van der Waals surface area contributed by atoms with Gasteiger partial charge in [0.05, 0.1) is 23.7 Å². The highest BCUT2D eigenvalue weighted by Gasteiger charge is 2.21. The molecule has 0 spiro atoms. The van der Waals surface area contributed by atoms with Gasteiger partial charge in [-0.3, -0.25) is 14.9 Å². The molecule has 0 aliphatic carbocycles. The number of nitrogens with one attached hydrogen (secondary N) is 1. The third kappa shape index (κ3) is 3.67. The summed E-state index contributed by atoms with van der Waals surface area (Å²) in [5.74, 6) is 0.244. The Balaban J connectivity index is 1.91. The molecule has 27 heavy (non-hydrogen) atoms. The van der Waals surface area contributed by atoms with E-state index in [9.17, 15) is 14.9 Å². The summed E-state index contributed by atoms with van der Waals surface area (Å²) in [6.45, 7) is 3.80. The van der Waals surface area contributed by atoms with Crippen LogP contribution in [0.1, 0.15) is 21.7 Å². The Hall–Kier alpha value is -3.61. The van der Waals surface area contributed by atoms with Crippen molar-refractivity contribution in [2.75, 3.05) is 12.4 Å². The number of aryl methyl sites for hydroxylation is 2. The lowest BCUT2D eigenvalue weighted by Gasteiger charge is -2.10. The lowest BCUT2D eigenvalue weighted by molar-refractivity contribution is -0.384. The summed E-state index contributed by atoms with van der Waals surface area (Å²) in [5.41, 5.74) is 2.69. The van der Waals surface area contributed by atoms with E-state index in [0.717, 1.165) is 16.8 Å². The fourth-order valence-corrected chi connectivity index (χ4v) is 2.79. The van der Waals surface area contributed by atoms with E-state index in [4.69, 9.17) is 9.15 Å². The molecule has 0 radical (unpaired) electrons. The highest BCUT2D eigenvalue weighted by Crippen LogP contribution is 2.34. The topological polar surface area (TPSA) is 94.6 Å². The molecule has 0 saturated heterocycles. The molecule has 1 N–H and O–H groups in total. The number of anilines is 1. The predicted molar refractivity (Wildman–Crippen MR) is 101 cm³/mol. The van der Waals surface area contributed by atoms with Crippen molar-refractivity contribution in [3.8, 4) is 17.1 Å². The van der Waals surface area contributed by atoms with Crippen LogP contribution in [0.15, 0.2) is 52.9 Å². The standard InChI is InChI=1S/C20H18N2O5/c1-12-5-4-6-13(2)19(12)21-20(23)18-10-9-17(27-18)15-8-7-14(26-3)11-16(15)22(24)25/h4-11H,1-3H3,(H,21,23). The summed E-state index contributed by atoms with van der Waals surface area (Å²) in [4.78, 5) is 23.4. The summed E-state index contributed by atoms with van der Waals surface area (Å²) in [6.07, 6.45) is 0. The second-order valence-electron chi connectivity index (χ2n) is 6.03. The smallest absolute Gasteiger partial charge is 0.291 e. The Labute approximate surface area is 155 Å². The monoisotopic (exact) mass is 366 g/mol. The van der Waals surface area contributed by atoms with Crippen LogP contribution in [0.4, 0.5) is 11.4 Å². The first kappa shape index (κ1) is 18.2. The van der Waals surface area contributed by atoms with Crippen LogP contribution in [-0.4, -0.2) is 17.9 Å². The zero-order valence-corrected chi connectivity index (χ0v) is 15.1. The molecule has 2 aromatic carbocycles. The number of ether oxygens (including phenoxy) is 1. The summed E-state index contributed by atoms with van der Waals surface area (Å²) in [5, 5.41) is 14.2. The van der Waals surface area contributed by atoms with Crippen molar-refractivity contribution in [2.24, 2.45) is 0 Å². The zero-order valence-electron chi connectivity index (χ0n) is 15.1. The van der Waals surface area contributed by atoms with E-state index >= 15 is 0 Å². The van der Waals surface area contributed by atoms with Crippen molar-refractivity contribution < 1.29 is 18.9 Å².